The first kappa shape index (κ1) is 15.2. The van der Waals surface area contributed by atoms with Gasteiger partial charge in [-0.15, -0.1) is 0 Å². The molecule has 0 radical (unpaired) electrons. The number of piperidine rings is 1. The Kier molecular flexibility index (Phi) is 4.01. The van der Waals surface area contributed by atoms with Crippen LogP contribution in [0, 0.1) is 0 Å². The minimum Gasteiger partial charge on any atom is -0.266 e. The van der Waals surface area contributed by atoms with Crippen LogP contribution in [0.25, 0.3) is 11.4 Å². The SMILES string of the molecule is Cn1nccc1-c1cccc(C2CCN(S(C)(=O)=O)CC2)n1. The third-order valence-corrected chi connectivity index (χ3v) is 5.50. The van der Waals surface area contributed by atoms with E-state index in [1.807, 2.05) is 31.3 Å². The van der Waals surface area contributed by atoms with Crippen LogP contribution in [-0.4, -0.2) is 46.8 Å². The smallest absolute Gasteiger partial charge is 0.211 e. The number of nitrogens with zero attached hydrogens (tertiary/aromatic N) is 4. The molecule has 2 aromatic rings. The lowest BCUT2D eigenvalue weighted by Crippen LogP contribution is -2.37. The van der Waals surface area contributed by atoms with Crippen molar-refractivity contribution in [2.75, 3.05) is 19.3 Å². The number of rotatable bonds is 3. The average molecular weight is 320 g/mol. The molecular formula is C15H20N4O2S. The Balaban J connectivity index is 1.78. The molecule has 1 aliphatic heterocycles. The van der Waals surface area contributed by atoms with E-state index < -0.39 is 10.0 Å². The molecule has 0 saturated carbocycles. The molecule has 22 heavy (non-hydrogen) atoms. The topological polar surface area (TPSA) is 68.1 Å². The van der Waals surface area contributed by atoms with Crippen LogP contribution in [0.4, 0.5) is 0 Å². The fourth-order valence-corrected chi connectivity index (χ4v) is 3.80. The second-order valence-corrected chi connectivity index (χ2v) is 7.71. The zero-order chi connectivity index (χ0) is 15.7. The number of aromatic nitrogens is 3. The summed E-state index contributed by atoms with van der Waals surface area (Å²) in [5, 5.41) is 4.18. The summed E-state index contributed by atoms with van der Waals surface area (Å²) in [6.45, 7) is 1.14. The van der Waals surface area contributed by atoms with E-state index in [4.69, 9.17) is 4.98 Å². The molecule has 0 atom stereocenters. The molecule has 1 aliphatic rings. The summed E-state index contributed by atoms with van der Waals surface area (Å²) in [6, 6.07) is 7.96. The minimum absolute atomic E-state index is 0.311. The molecule has 118 valence electrons. The maximum absolute atomic E-state index is 11.6. The Labute approximate surface area is 130 Å². The Morgan fingerprint density at radius 3 is 2.50 bits per heavy atom. The highest BCUT2D eigenvalue weighted by Crippen LogP contribution is 2.29. The summed E-state index contributed by atoms with van der Waals surface area (Å²) in [7, 11) is -1.18. The highest BCUT2D eigenvalue weighted by Gasteiger charge is 2.26. The lowest BCUT2D eigenvalue weighted by atomic mass is 9.94. The second kappa shape index (κ2) is 5.81. The third-order valence-electron chi connectivity index (χ3n) is 4.20. The highest BCUT2D eigenvalue weighted by molar-refractivity contribution is 7.88. The van der Waals surface area contributed by atoms with Crippen molar-refractivity contribution in [2.45, 2.75) is 18.8 Å². The Morgan fingerprint density at radius 2 is 1.91 bits per heavy atom. The maximum atomic E-state index is 11.6. The monoisotopic (exact) mass is 320 g/mol. The predicted molar refractivity (Wildman–Crippen MR) is 84.8 cm³/mol. The van der Waals surface area contributed by atoms with Crippen LogP contribution in [0.2, 0.25) is 0 Å². The summed E-state index contributed by atoms with van der Waals surface area (Å²) in [5.41, 5.74) is 2.92. The maximum Gasteiger partial charge on any atom is 0.211 e. The fraction of sp³-hybridized carbons (Fsp3) is 0.467. The zero-order valence-electron chi connectivity index (χ0n) is 12.8. The molecular weight excluding hydrogens is 300 g/mol. The molecule has 7 heteroatoms. The first-order valence-corrected chi connectivity index (χ1v) is 9.20. The van der Waals surface area contributed by atoms with Crippen LogP contribution >= 0.6 is 0 Å². The minimum atomic E-state index is -3.08. The molecule has 0 aliphatic carbocycles. The van der Waals surface area contributed by atoms with Gasteiger partial charge in [0.15, 0.2) is 0 Å². The molecule has 0 spiro atoms. The van der Waals surface area contributed by atoms with E-state index in [0.29, 0.717) is 19.0 Å². The molecule has 0 bridgehead atoms. The molecule has 1 fully saturated rings. The number of pyridine rings is 1. The van der Waals surface area contributed by atoms with Crippen molar-refractivity contribution in [1.82, 2.24) is 19.1 Å². The van der Waals surface area contributed by atoms with Gasteiger partial charge in [0.05, 0.1) is 17.6 Å². The summed E-state index contributed by atoms with van der Waals surface area (Å²) in [5.74, 6) is 0.311. The average Bonchev–Trinajstić information content (AvgIpc) is 2.93. The predicted octanol–water partition coefficient (Wildman–Crippen LogP) is 1.62. The van der Waals surface area contributed by atoms with Crippen molar-refractivity contribution < 1.29 is 8.42 Å². The van der Waals surface area contributed by atoms with Crippen LogP contribution in [0.15, 0.2) is 30.5 Å². The van der Waals surface area contributed by atoms with E-state index in [0.717, 1.165) is 29.9 Å². The number of aryl methyl sites for hydroxylation is 1. The number of hydrogen-bond donors (Lipinski definition) is 0. The molecule has 0 unspecified atom stereocenters. The van der Waals surface area contributed by atoms with E-state index in [1.165, 1.54) is 6.26 Å². The van der Waals surface area contributed by atoms with Gasteiger partial charge in [-0.3, -0.25) is 9.67 Å². The van der Waals surface area contributed by atoms with Gasteiger partial charge in [-0.1, -0.05) is 6.07 Å². The van der Waals surface area contributed by atoms with Crippen molar-refractivity contribution in [1.29, 1.82) is 0 Å². The fourth-order valence-electron chi connectivity index (χ4n) is 2.93. The first-order valence-electron chi connectivity index (χ1n) is 7.35. The molecule has 0 N–H and O–H groups in total. The van der Waals surface area contributed by atoms with Crippen molar-refractivity contribution in [3.8, 4) is 11.4 Å². The van der Waals surface area contributed by atoms with E-state index in [1.54, 1.807) is 15.2 Å². The summed E-state index contributed by atoms with van der Waals surface area (Å²) >= 11 is 0. The normalized spacial score (nSPS) is 17.7. The van der Waals surface area contributed by atoms with Crippen LogP contribution in [0.3, 0.4) is 0 Å². The zero-order valence-corrected chi connectivity index (χ0v) is 13.6. The summed E-state index contributed by atoms with van der Waals surface area (Å²) in [4.78, 5) is 4.76. The first-order chi connectivity index (χ1) is 10.4. The molecule has 3 heterocycles. The molecule has 0 amide bonds. The molecule has 0 aromatic carbocycles. The van der Waals surface area contributed by atoms with Crippen LogP contribution in [-0.2, 0) is 17.1 Å². The van der Waals surface area contributed by atoms with Gasteiger partial charge in [-0.05, 0) is 31.0 Å². The van der Waals surface area contributed by atoms with E-state index in [-0.39, 0.29) is 0 Å². The second-order valence-electron chi connectivity index (χ2n) is 5.72. The lowest BCUT2D eigenvalue weighted by molar-refractivity contribution is 0.318. The van der Waals surface area contributed by atoms with Crippen LogP contribution < -0.4 is 0 Å². The van der Waals surface area contributed by atoms with Crippen LogP contribution in [0.1, 0.15) is 24.5 Å². The molecule has 1 saturated heterocycles. The van der Waals surface area contributed by atoms with E-state index >= 15 is 0 Å². The van der Waals surface area contributed by atoms with Crippen molar-refractivity contribution in [3.05, 3.63) is 36.2 Å². The van der Waals surface area contributed by atoms with Gasteiger partial charge in [0.25, 0.3) is 0 Å². The molecule has 6 nitrogen and oxygen atoms in total. The standard InChI is InChI=1S/C15H20N4O2S/c1-18-15(6-9-16-18)14-5-3-4-13(17-14)12-7-10-19(11-8-12)22(2,20)21/h3-6,9,12H,7-8,10-11H2,1-2H3. The van der Waals surface area contributed by atoms with Gasteiger partial charge >= 0.3 is 0 Å². The van der Waals surface area contributed by atoms with E-state index in [2.05, 4.69) is 5.10 Å². The Bertz CT molecular complexity index is 761. The van der Waals surface area contributed by atoms with Gasteiger partial charge < -0.3 is 0 Å². The third kappa shape index (κ3) is 3.05. The molecule has 3 rings (SSSR count). The van der Waals surface area contributed by atoms with Crippen molar-refractivity contribution in [2.24, 2.45) is 7.05 Å². The summed E-state index contributed by atoms with van der Waals surface area (Å²) in [6.07, 6.45) is 4.66. The summed E-state index contributed by atoms with van der Waals surface area (Å²) < 4.78 is 26.5. The van der Waals surface area contributed by atoms with Crippen molar-refractivity contribution in [3.63, 3.8) is 0 Å². The largest absolute Gasteiger partial charge is 0.266 e. The van der Waals surface area contributed by atoms with Gasteiger partial charge in [-0.2, -0.15) is 5.10 Å². The Morgan fingerprint density at radius 1 is 1.18 bits per heavy atom. The van der Waals surface area contributed by atoms with Gasteiger partial charge in [0, 0.05) is 37.9 Å². The number of hydrogen-bond acceptors (Lipinski definition) is 4. The number of sulfonamides is 1. The quantitative estimate of drug-likeness (QED) is 0.862. The Hall–Kier alpha value is -1.73. The lowest BCUT2D eigenvalue weighted by Gasteiger charge is -2.30. The van der Waals surface area contributed by atoms with Gasteiger partial charge in [0.1, 0.15) is 0 Å². The van der Waals surface area contributed by atoms with E-state index in [9.17, 15) is 8.42 Å². The van der Waals surface area contributed by atoms with Gasteiger partial charge in [-0.25, -0.2) is 12.7 Å². The van der Waals surface area contributed by atoms with Gasteiger partial charge in [0.2, 0.25) is 10.0 Å². The highest BCUT2D eigenvalue weighted by atomic mass is 32.2. The van der Waals surface area contributed by atoms with Crippen molar-refractivity contribution >= 4 is 10.0 Å². The van der Waals surface area contributed by atoms with Crippen LogP contribution in [0.5, 0.6) is 0 Å². The molecule has 2 aromatic heterocycles.